The molecule has 0 spiro atoms. The van der Waals surface area contributed by atoms with Crippen molar-refractivity contribution >= 4 is 21.4 Å². The summed E-state index contributed by atoms with van der Waals surface area (Å²) in [5.41, 5.74) is 0. The Balaban J connectivity index is 2.11. The minimum Gasteiger partial charge on any atom is -0.497 e. The van der Waals surface area contributed by atoms with Gasteiger partial charge in [0.2, 0.25) is 10.0 Å². The van der Waals surface area contributed by atoms with E-state index in [1.54, 1.807) is 30.6 Å². The SMILES string of the molecule is COc1cccc(S(=O)(=O)NCC(OC)c2ccc(C)s2)c1. The molecule has 0 saturated carbocycles. The fraction of sp³-hybridized carbons (Fsp3) is 0.333. The summed E-state index contributed by atoms with van der Waals surface area (Å²) in [7, 11) is -0.536. The lowest BCUT2D eigenvalue weighted by Gasteiger charge is -2.15. The predicted molar refractivity (Wildman–Crippen MR) is 87.0 cm³/mol. The molecule has 0 aliphatic heterocycles. The molecule has 2 aromatic rings. The van der Waals surface area contributed by atoms with Crippen LogP contribution in [0.1, 0.15) is 15.9 Å². The molecule has 2 rings (SSSR count). The predicted octanol–water partition coefficient (Wildman–Crippen LogP) is 2.73. The normalized spacial score (nSPS) is 13.0. The highest BCUT2D eigenvalue weighted by atomic mass is 32.2. The van der Waals surface area contributed by atoms with Gasteiger partial charge in [0.05, 0.1) is 12.0 Å². The van der Waals surface area contributed by atoms with E-state index >= 15 is 0 Å². The number of benzene rings is 1. The van der Waals surface area contributed by atoms with Crippen LogP contribution in [0, 0.1) is 6.92 Å². The van der Waals surface area contributed by atoms with Crippen LogP contribution in [-0.4, -0.2) is 29.2 Å². The number of aryl methyl sites for hydroxylation is 1. The number of ether oxygens (including phenoxy) is 2. The smallest absolute Gasteiger partial charge is 0.240 e. The van der Waals surface area contributed by atoms with Gasteiger partial charge in [0, 0.05) is 29.5 Å². The van der Waals surface area contributed by atoms with Crippen molar-refractivity contribution in [2.45, 2.75) is 17.9 Å². The van der Waals surface area contributed by atoms with E-state index in [1.807, 2.05) is 19.1 Å². The molecular formula is C15H19NO4S2. The Kier molecular flexibility index (Phi) is 5.57. The molecule has 0 bridgehead atoms. The van der Waals surface area contributed by atoms with Gasteiger partial charge in [-0.25, -0.2) is 13.1 Å². The van der Waals surface area contributed by atoms with Gasteiger partial charge in [0.25, 0.3) is 0 Å². The summed E-state index contributed by atoms with van der Waals surface area (Å²) in [4.78, 5) is 2.32. The third-order valence-electron chi connectivity index (χ3n) is 3.17. The Bertz CT molecular complexity index is 725. The second-order valence-corrected chi connectivity index (χ2v) is 7.79. The van der Waals surface area contributed by atoms with E-state index in [2.05, 4.69) is 4.72 Å². The van der Waals surface area contributed by atoms with Crippen molar-refractivity contribution < 1.29 is 17.9 Å². The zero-order valence-electron chi connectivity index (χ0n) is 12.7. The molecule has 0 saturated heterocycles. The van der Waals surface area contributed by atoms with Crippen LogP contribution in [-0.2, 0) is 14.8 Å². The van der Waals surface area contributed by atoms with Crippen LogP contribution in [0.5, 0.6) is 5.75 Å². The van der Waals surface area contributed by atoms with Gasteiger partial charge in [-0.2, -0.15) is 0 Å². The maximum Gasteiger partial charge on any atom is 0.240 e. The van der Waals surface area contributed by atoms with Crippen molar-refractivity contribution in [3.05, 3.63) is 46.2 Å². The topological polar surface area (TPSA) is 64.6 Å². The molecule has 7 heteroatoms. The van der Waals surface area contributed by atoms with E-state index in [9.17, 15) is 8.42 Å². The molecule has 1 N–H and O–H groups in total. The first-order chi connectivity index (χ1) is 10.5. The molecule has 0 amide bonds. The summed E-state index contributed by atoms with van der Waals surface area (Å²) in [6, 6.07) is 10.3. The zero-order valence-corrected chi connectivity index (χ0v) is 14.3. The fourth-order valence-corrected chi connectivity index (χ4v) is 3.99. The fourth-order valence-electron chi connectivity index (χ4n) is 1.96. The van der Waals surface area contributed by atoms with Crippen molar-refractivity contribution in [3.8, 4) is 5.75 Å². The van der Waals surface area contributed by atoms with Gasteiger partial charge in [0.15, 0.2) is 0 Å². The lowest BCUT2D eigenvalue weighted by Crippen LogP contribution is -2.29. The molecular weight excluding hydrogens is 322 g/mol. The van der Waals surface area contributed by atoms with Gasteiger partial charge in [-0.15, -0.1) is 11.3 Å². The summed E-state index contributed by atoms with van der Waals surface area (Å²) >= 11 is 1.59. The molecule has 1 aromatic heterocycles. The summed E-state index contributed by atoms with van der Waals surface area (Å²) < 4.78 is 37.7. The monoisotopic (exact) mass is 341 g/mol. The van der Waals surface area contributed by atoms with E-state index in [-0.39, 0.29) is 17.5 Å². The van der Waals surface area contributed by atoms with Crippen molar-refractivity contribution in [2.75, 3.05) is 20.8 Å². The molecule has 0 radical (unpaired) electrons. The Morgan fingerprint density at radius 3 is 2.59 bits per heavy atom. The quantitative estimate of drug-likeness (QED) is 0.841. The number of sulfonamides is 1. The Morgan fingerprint density at radius 1 is 1.23 bits per heavy atom. The molecule has 5 nitrogen and oxygen atoms in total. The van der Waals surface area contributed by atoms with Gasteiger partial charge < -0.3 is 9.47 Å². The third-order valence-corrected chi connectivity index (χ3v) is 5.69. The van der Waals surface area contributed by atoms with Crippen LogP contribution in [0.25, 0.3) is 0 Å². The number of nitrogens with one attached hydrogen (secondary N) is 1. The van der Waals surface area contributed by atoms with Crippen molar-refractivity contribution in [2.24, 2.45) is 0 Å². The molecule has 1 unspecified atom stereocenters. The standard InChI is InChI=1S/C15H19NO4S2/c1-11-7-8-15(21-11)14(20-3)10-16-22(17,18)13-6-4-5-12(9-13)19-2/h4-9,14,16H,10H2,1-3H3. The molecule has 1 heterocycles. The van der Waals surface area contributed by atoms with E-state index < -0.39 is 10.0 Å². The van der Waals surface area contributed by atoms with Crippen LogP contribution in [0.15, 0.2) is 41.3 Å². The van der Waals surface area contributed by atoms with Gasteiger partial charge >= 0.3 is 0 Å². The van der Waals surface area contributed by atoms with Crippen molar-refractivity contribution in [1.29, 1.82) is 0 Å². The first-order valence-corrected chi connectivity index (χ1v) is 8.99. The van der Waals surface area contributed by atoms with Gasteiger partial charge in [-0.05, 0) is 31.2 Å². The number of thiophene rings is 1. The van der Waals surface area contributed by atoms with Crippen molar-refractivity contribution in [3.63, 3.8) is 0 Å². The molecule has 0 fully saturated rings. The number of hydrogen-bond acceptors (Lipinski definition) is 5. The molecule has 120 valence electrons. The maximum absolute atomic E-state index is 12.3. The van der Waals surface area contributed by atoms with Gasteiger partial charge in [-0.1, -0.05) is 6.07 Å². The summed E-state index contributed by atoms with van der Waals surface area (Å²) in [5.74, 6) is 0.500. The highest BCUT2D eigenvalue weighted by Crippen LogP contribution is 2.25. The number of hydrogen-bond donors (Lipinski definition) is 1. The first kappa shape index (κ1) is 17.0. The number of rotatable bonds is 7. The lowest BCUT2D eigenvalue weighted by molar-refractivity contribution is 0.110. The molecule has 0 aliphatic rings. The first-order valence-electron chi connectivity index (χ1n) is 6.69. The Labute approximate surface area is 134 Å². The Morgan fingerprint density at radius 2 is 2.00 bits per heavy atom. The summed E-state index contributed by atoms with van der Waals surface area (Å²) in [6.07, 6.45) is -0.306. The van der Waals surface area contributed by atoms with E-state index in [4.69, 9.17) is 9.47 Å². The van der Waals surface area contributed by atoms with Gasteiger partial charge in [0.1, 0.15) is 11.9 Å². The molecule has 0 aliphatic carbocycles. The maximum atomic E-state index is 12.3. The average molecular weight is 341 g/mol. The highest BCUT2D eigenvalue weighted by Gasteiger charge is 2.19. The van der Waals surface area contributed by atoms with Crippen LogP contribution in [0.3, 0.4) is 0 Å². The van der Waals surface area contributed by atoms with Crippen LogP contribution < -0.4 is 9.46 Å². The highest BCUT2D eigenvalue weighted by molar-refractivity contribution is 7.89. The minimum absolute atomic E-state index is 0.170. The lowest BCUT2D eigenvalue weighted by atomic mass is 10.3. The van der Waals surface area contributed by atoms with Crippen molar-refractivity contribution in [1.82, 2.24) is 4.72 Å². The zero-order chi connectivity index (χ0) is 16.2. The van der Waals surface area contributed by atoms with Crippen LogP contribution in [0.4, 0.5) is 0 Å². The van der Waals surface area contributed by atoms with E-state index in [1.165, 1.54) is 19.2 Å². The second kappa shape index (κ2) is 7.23. The van der Waals surface area contributed by atoms with E-state index in [0.717, 1.165) is 9.75 Å². The van der Waals surface area contributed by atoms with E-state index in [0.29, 0.717) is 5.75 Å². The van der Waals surface area contributed by atoms with Crippen LogP contribution in [0.2, 0.25) is 0 Å². The average Bonchev–Trinajstić information content (AvgIpc) is 2.94. The van der Waals surface area contributed by atoms with Crippen LogP contribution >= 0.6 is 11.3 Å². The molecule has 22 heavy (non-hydrogen) atoms. The number of methoxy groups -OCH3 is 2. The minimum atomic E-state index is -3.60. The third kappa shape index (κ3) is 4.07. The largest absolute Gasteiger partial charge is 0.497 e. The second-order valence-electron chi connectivity index (χ2n) is 4.70. The molecule has 1 atom stereocenters. The summed E-state index contributed by atoms with van der Waals surface area (Å²) in [5, 5.41) is 0. The summed E-state index contributed by atoms with van der Waals surface area (Å²) in [6.45, 7) is 2.18. The molecule has 1 aromatic carbocycles. The Hall–Kier alpha value is -1.41. The van der Waals surface area contributed by atoms with Gasteiger partial charge in [-0.3, -0.25) is 0 Å².